The average Bonchev–Trinajstić information content (AvgIpc) is 2.69. The molecule has 166 valence electrons. The van der Waals surface area contributed by atoms with Gasteiger partial charge in [0.2, 0.25) is 0 Å². The summed E-state index contributed by atoms with van der Waals surface area (Å²) in [6.07, 6.45) is 14.0. The van der Waals surface area contributed by atoms with E-state index < -0.39 is 24.8 Å². The molecule has 1 atom stereocenters. The van der Waals surface area contributed by atoms with Crippen LogP contribution >= 0.6 is 0 Å². The summed E-state index contributed by atoms with van der Waals surface area (Å²) in [5, 5.41) is 19.0. The molecule has 1 aromatic rings. The van der Waals surface area contributed by atoms with Crippen LogP contribution in [0.3, 0.4) is 0 Å². The van der Waals surface area contributed by atoms with Gasteiger partial charge in [-0.25, -0.2) is 0 Å². The molecule has 0 aliphatic carbocycles. The molecule has 0 bridgehead atoms. The molecule has 1 unspecified atom stereocenters. The summed E-state index contributed by atoms with van der Waals surface area (Å²) in [5.74, 6) is -1.80. The Kier molecular flexibility index (Phi) is 41.8. The molecule has 0 aliphatic heterocycles. The molecular weight excluding hydrogens is 486 g/mol. The van der Waals surface area contributed by atoms with E-state index in [0.717, 1.165) is 12.2 Å². The molecule has 0 radical (unpaired) electrons. The number of hydrogen-bond acceptors (Lipinski definition) is 5. The van der Waals surface area contributed by atoms with Crippen LogP contribution in [0.5, 0.6) is 5.75 Å². The Bertz CT molecular complexity index is 516. The molecule has 8 heteroatoms. The molecule has 0 amide bonds. The van der Waals surface area contributed by atoms with Gasteiger partial charge in [0.05, 0.1) is 0 Å². The van der Waals surface area contributed by atoms with Crippen molar-refractivity contribution in [3.8, 4) is 5.75 Å². The zero-order valence-electron chi connectivity index (χ0n) is 20.9. The minimum atomic E-state index is -1.37. The van der Waals surface area contributed by atoms with Crippen molar-refractivity contribution in [2.24, 2.45) is 0 Å². The zero-order valence-corrected chi connectivity index (χ0v) is 30.3. The van der Waals surface area contributed by atoms with E-state index in [1.54, 1.807) is 0 Å². The molecule has 0 fully saturated rings. The maximum Gasteiger partial charge on any atom is 1.00 e. The van der Waals surface area contributed by atoms with Gasteiger partial charge in [-0.2, -0.15) is 0 Å². The fourth-order valence-corrected chi connectivity index (χ4v) is 2.81. The first-order chi connectivity index (χ1) is 14.0. The van der Waals surface area contributed by atoms with Crippen LogP contribution < -0.4 is 169 Å². The molecule has 0 saturated heterocycles. The maximum atomic E-state index is 9.50. The summed E-state index contributed by atoms with van der Waals surface area (Å²) in [6.45, 7) is 6.36. The van der Waals surface area contributed by atoms with Crippen LogP contribution in [-0.2, 0) is 9.59 Å². The van der Waals surface area contributed by atoms with Crippen molar-refractivity contribution in [1.82, 2.24) is 0 Å². The van der Waals surface area contributed by atoms with Gasteiger partial charge in [-0.1, -0.05) is 89.3 Å². The van der Waals surface area contributed by atoms with Crippen LogP contribution in [0.1, 0.15) is 90.4 Å². The number of rotatable bonds is 16. The predicted octanol–water partition coefficient (Wildman–Crippen LogP) is -5.14. The van der Waals surface area contributed by atoms with E-state index in [9.17, 15) is 19.8 Å². The number of carboxylic acid groups (broad SMARTS) is 2. The van der Waals surface area contributed by atoms with E-state index in [0.29, 0.717) is 0 Å². The van der Waals surface area contributed by atoms with Gasteiger partial charge in [-0.05, 0) is 37.5 Å². The molecule has 32 heavy (non-hydrogen) atoms. The van der Waals surface area contributed by atoms with Crippen LogP contribution in [0.4, 0.5) is 0 Å². The van der Waals surface area contributed by atoms with Gasteiger partial charge in [0, 0.05) is 11.9 Å². The summed E-state index contributed by atoms with van der Waals surface area (Å²) in [7, 11) is 0. The Morgan fingerprint density at radius 3 is 1.59 bits per heavy atom. The summed E-state index contributed by atoms with van der Waals surface area (Å²) < 4.78 is 5.79. The molecule has 0 saturated carbocycles. The van der Waals surface area contributed by atoms with E-state index in [4.69, 9.17) is 4.74 Å². The Morgan fingerprint density at radius 1 is 0.781 bits per heavy atom. The Balaban J connectivity index is -0.000000308. The predicted molar refractivity (Wildman–Crippen MR) is 112 cm³/mol. The number of carbonyl (C=O) groups is 2. The molecular formula is C24H37K3O5. The van der Waals surface area contributed by atoms with Crippen molar-refractivity contribution in [1.29, 1.82) is 0 Å². The van der Waals surface area contributed by atoms with Gasteiger partial charge in [-0.3, -0.25) is 0 Å². The van der Waals surface area contributed by atoms with Crippen LogP contribution in [0.15, 0.2) is 30.3 Å². The number of para-hydroxylation sites is 1. The number of aliphatic carboxylic acids is 2. The Labute approximate surface area is 323 Å². The number of unbranched alkanes of at least 4 members (excludes halogenated alkanes) is 9. The van der Waals surface area contributed by atoms with Crippen molar-refractivity contribution < 1.29 is 179 Å². The second-order valence-corrected chi connectivity index (χ2v) is 7.27. The minimum Gasteiger partial charge on any atom is -0.550 e. The quantitative estimate of drug-likeness (QED) is 0.123. The van der Waals surface area contributed by atoms with Gasteiger partial charge in [0.1, 0.15) is 5.75 Å². The van der Waals surface area contributed by atoms with E-state index in [1.165, 1.54) is 64.2 Å². The molecule has 1 rings (SSSR count). The van der Waals surface area contributed by atoms with Crippen LogP contribution in [0, 0.1) is 6.92 Å². The monoisotopic (exact) mass is 522 g/mol. The molecule has 0 N–H and O–H groups in total. The molecule has 0 aliphatic rings. The number of hydrogen-bond donors (Lipinski definition) is 0. The average molecular weight is 523 g/mol. The first kappa shape index (κ1) is 42.0. The summed E-state index contributed by atoms with van der Waals surface area (Å²) >= 11 is 0. The largest absolute Gasteiger partial charge is 1.00 e. The third kappa shape index (κ3) is 32.9. The first-order valence-corrected chi connectivity index (χ1v) is 10.9. The molecule has 5 nitrogen and oxygen atoms in total. The molecule has 0 spiro atoms. The van der Waals surface area contributed by atoms with Gasteiger partial charge in [0.15, 0.2) is 0 Å². The normalized spacial score (nSPS) is 10.2. The standard InChI is InChI=1S/C20H33O.C4H6O4.3K/c1-3-4-5-6-7-8-9-10-11-13-16-19(2)21-20-17-14-12-15-18-20;5-3(6)1-2-4(7)8;;;/h12,14-15,17-19H,2-11,13,16H2,1H3;1-2H2,(H,5,6)(H,7,8);;;/q-1;;3*+1/p-2. The van der Waals surface area contributed by atoms with Crippen molar-refractivity contribution in [3.63, 3.8) is 0 Å². The van der Waals surface area contributed by atoms with Gasteiger partial charge in [-0.15, -0.1) is 0 Å². The number of benzene rings is 1. The third-order valence-corrected chi connectivity index (χ3v) is 4.46. The van der Waals surface area contributed by atoms with Crippen LogP contribution in [-0.4, -0.2) is 18.0 Å². The first-order valence-electron chi connectivity index (χ1n) is 10.9. The van der Waals surface area contributed by atoms with E-state index in [-0.39, 0.29) is 160 Å². The minimum absolute atomic E-state index is 0. The van der Waals surface area contributed by atoms with Gasteiger partial charge >= 0.3 is 154 Å². The number of carbonyl (C=O) groups excluding carboxylic acids is 2. The third-order valence-electron chi connectivity index (χ3n) is 4.46. The van der Waals surface area contributed by atoms with Gasteiger partial charge < -0.3 is 31.5 Å². The van der Waals surface area contributed by atoms with E-state index >= 15 is 0 Å². The van der Waals surface area contributed by atoms with Gasteiger partial charge in [0.25, 0.3) is 0 Å². The van der Waals surface area contributed by atoms with Crippen LogP contribution in [0.2, 0.25) is 0 Å². The number of carboxylic acids is 2. The van der Waals surface area contributed by atoms with Crippen LogP contribution in [0.25, 0.3) is 0 Å². The smallest absolute Gasteiger partial charge is 0.550 e. The van der Waals surface area contributed by atoms with E-state index in [1.807, 2.05) is 30.3 Å². The molecule has 0 aromatic heterocycles. The van der Waals surface area contributed by atoms with Crippen molar-refractivity contribution in [2.45, 2.75) is 96.5 Å². The second-order valence-electron chi connectivity index (χ2n) is 7.27. The zero-order chi connectivity index (χ0) is 21.7. The van der Waals surface area contributed by atoms with Crippen molar-refractivity contribution in [3.05, 3.63) is 37.3 Å². The Morgan fingerprint density at radius 2 is 1.19 bits per heavy atom. The number of ether oxygens (including phenoxy) is 1. The van der Waals surface area contributed by atoms with E-state index in [2.05, 4.69) is 13.8 Å². The fourth-order valence-electron chi connectivity index (χ4n) is 2.81. The van der Waals surface area contributed by atoms with Crippen molar-refractivity contribution in [2.75, 3.05) is 0 Å². The van der Waals surface area contributed by atoms with Crippen molar-refractivity contribution >= 4 is 11.9 Å². The molecule has 1 aromatic carbocycles. The topological polar surface area (TPSA) is 89.5 Å². The molecule has 0 heterocycles. The SMILES string of the molecule is O=C([O-])CCC(=O)[O-].[CH2-]C(CCCCCCCCCCCC)Oc1ccccc1.[K+].[K+].[K+]. The fraction of sp³-hybridized carbons (Fsp3) is 0.625. The summed E-state index contributed by atoms with van der Waals surface area (Å²) in [4.78, 5) is 19.0. The summed E-state index contributed by atoms with van der Waals surface area (Å²) in [5.41, 5.74) is 0. The second kappa shape index (κ2) is 31.9. The summed E-state index contributed by atoms with van der Waals surface area (Å²) in [6, 6.07) is 10.0. The maximum absolute atomic E-state index is 9.50. The Hall–Kier alpha value is 2.87.